The maximum absolute atomic E-state index is 12.1. The molecule has 1 aromatic heterocycles. The molecule has 0 spiro atoms. The van der Waals surface area contributed by atoms with Crippen LogP contribution in [0.25, 0.3) is 0 Å². The topological polar surface area (TPSA) is 76.3 Å². The number of sulfonamides is 1. The molecule has 0 unspecified atom stereocenters. The fourth-order valence-electron chi connectivity index (χ4n) is 1.23. The highest BCUT2D eigenvalue weighted by atomic mass is 32.2. The van der Waals surface area contributed by atoms with Gasteiger partial charge in [0.15, 0.2) is 0 Å². The number of nitrogens with zero attached hydrogens (tertiary/aromatic N) is 2. The minimum atomic E-state index is -3.49. The van der Waals surface area contributed by atoms with Gasteiger partial charge in [0.1, 0.15) is 10.7 Å². The Morgan fingerprint density at radius 2 is 2.25 bits per heavy atom. The normalized spacial score (nSPS) is 11.6. The summed E-state index contributed by atoms with van der Waals surface area (Å²) in [5, 5.41) is 0. The summed E-state index contributed by atoms with van der Waals surface area (Å²) in [7, 11) is -3.49. The summed E-state index contributed by atoms with van der Waals surface area (Å²) < 4.78 is 25.4. The predicted octanol–water partition coefficient (Wildman–Crippen LogP) is 0.860. The molecule has 2 N–H and O–H groups in total. The molecule has 88 valence electrons. The van der Waals surface area contributed by atoms with E-state index in [1.807, 2.05) is 0 Å². The molecule has 0 bridgehead atoms. The summed E-state index contributed by atoms with van der Waals surface area (Å²) >= 11 is 0. The second-order valence-corrected chi connectivity index (χ2v) is 5.10. The Balaban J connectivity index is 3.09. The Hall–Kier alpha value is -1.40. The molecule has 1 aromatic rings. The minimum absolute atomic E-state index is 0.144. The number of nitrogens with two attached hydrogens (primary N) is 1. The number of hydrogen-bond acceptors (Lipinski definition) is 4. The highest BCUT2D eigenvalue weighted by Gasteiger charge is 2.21. The van der Waals surface area contributed by atoms with E-state index in [1.54, 1.807) is 13.0 Å². The second-order valence-electron chi connectivity index (χ2n) is 3.16. The Morgan fingerprint density at radius 1 is 1.56 bits per heavy atom. The van der Waals surface area contributed by atoms with E-state index in [2.05, 4.69) is 11.6 Å². The van der Waals surface area contributed by atoms with Gasteiger partial charge >= 0.3 is 0 Å². The third kappa shape index (κ3) is 2.59. The zero-order chi connectivity index (χ0) is 12.2. The van der Waals surface area contributed by atoms with Gasteiger partial charge in [-0.25, -0.2) is 13.4 Å². The summed E-state index contributed by atoms with van der Waals surface area (Å²) in [6, 6.07) is 2.91. The van der Waals surface area contributed by atoms with Crippen LogP contribution in [0.15, 0.2) is 35.9 Å². The molecular formula is C10H15N3O2S. The van der Waals surface area contributed by atoms with Gasteiger partial charge in [-0.15, -0.1) is 6.58 Å². The van der Waals surface area contributed by atoms with Crippen LogP contribution < -0.4 is 5.73 Å². The largest absolute Gasteiger partial charge is 0.384 e. The Kier molecular flexibility index (Phi) is 4.03. The second kappa shape index (κ2) is 5.09. The third-order valence-corrected chi connectivity index (χ3v) is 4.01. The Bertz CT molecular complexity index is 453. The van der Waals surface area contributed by atoms with E-state index in [1.165, 1.54) is 22.6 Å². The SMILES string of the molecule is C=CCN(CC)S(=O)(=O)c1ccc(N)nc1. The molecule has 6 heteroatoms. The highest BCUT2D eigenvalue weighted by Crippen LogP contribution is 2.14. The molecule has 0 saturated heterocycles. The first-order chi connectivity index (χ1) is 7.52. The van der Waals surface area contributed by atoms with Crippen LogP contribution in [0.3, 0.4) is 0 Å². The monoisotopic (exact) mass is 241 g/mol. The van der Waals surface area contributed by atoms with Crippen molar-refractivity contribution in [2.45, 2.75) is 11.8 Å². The molecule has 0 amide bonds. The van der Waals surface area contributed by atoms with Crippen molar-refractivity contribution in [3.8, 4) is 0 Å². The van der Waals surface area contributed by atoms with E-state index < -0.39 is 10.0 Å². The third-order valence-electron chi connectivity index (χ3n) is 2.08. The average molecular weight is 241 g/mol. The van der Waals surface area contributed by atoms with Crippen molar-refractivity contribution in [1.82, 2.24) is 9.29 Å². The van der Waals surface area contributed by atoms with Crippen LogP contribution >= 0.6 is 0 Å². The van der Waals surface area contributed by atoms with E-state index >= 15 is 0 Å². The Morgan fingerprint density at radius 3 is 2.69 bits per heavy atom. The van der Waals surface area contributed by atoms with Gasteiger partial charge in [0.05, 0.1) is 0 Å². The van der Waals surface area contributed by atoms with Crippen molar-refractivity contribution in [3.05, 3.63) is 31.0 Å². The number of anilines is 1. The fourth-order valence-corrected chi connectivity index (χ4v) is 2.60. The standard InChI is InChI=1S/C10H15N3O2S/c1-3-7-13(4-2)16(14,15)9-5-6-10(11)12-8-9/h3,5-6,8H,1,4,7H2,2H3,(H2,11,12). The number of nitrogen functional groups attached to an aromatic ring is 1. The van der Waals surface area contributed by atoms with Gasteiger partial charge in [-0.1, -0.05) is 13.0 Å². The van der Waals surface area contributed by atoms with Crippen LogP contribution in [-0.4, -0.2) is 30.8 Å². The maximum atomic E-state index is 12.1. The molecule has 0 aliphatic rings. The smallest absolute Gasteiger partial charge is 0.244 e. The molecule has 0 aliphatic carbocycles. The summed E-state index contributed by atoms with van der Waals surface area (Å²) in [6.45, 7) is 5.97. The lowest BCUT2D eigenvalue weighted by atomic mass is 10.5. The Labute approximate surface area is 95.6 Å². The lowest BCUT2D eigenvalue weighted by Crippen LogP contribution is -2.31. The minimum Gasteiger partial charge on any atom is -0.384 e. The van der Waals surface area contributed by atoms with Crippen LogP contribution in [0.2, 0.25) is 0 Å². The molecular weight excluding hydrogens is 226 g/mol. The zero-order valence-corrected chi connectivity index (χ0v) is 9.94. The van der Waals surface area contributed by atoms with Crippen molar-refractivity contribution < 1.29 is 8.42 Å². The summed E-state index contributed by atoms with van der Waals surface area (Å²) in [5.74, 6) is 0.297. The summed E-state index contributed by atoms with van der Waals surface area (Å²) in [5.41, 5.74) is 5.40. The van der Waals surface area contributed by atoms with Gasteiger partial charge in [0.25, 0.3) is 0 Å². The van der Waals surface area contributed by atoms with Gasteiger partial charge in [-0.05, 0) is 12.1 Å². The highest BCUT2D eigenvalue weighted by molar-refractivity contribution is 7.89. The molecule has 0 aromatic carbocycles. The van der Waals surface area contributed by atoms with Gasteiger partial charge in [0.2, 0.25) is 10.0 Å². The van der Waals surface area contributed by atoms with E-state index in [9.17, 15) is 8.42 Å². The first-order valence-electron chi connectivity index (χ1n) is 4.85. The quantitative estimate of drug-likeness (QED) is 0.776. The van der Waals surface area contributed by atoms with Gasteiger partial charge < -0.3 is 5.73 Å². The molecule has 16 heavy (non-hydrogen) atoms. The van der Waals surface area contributed by atoms with Crippen molar-refractivity contribution in [2.75, 3.05) is 18.8 Å². The van der Waals surface area contributed by atoms with E-state index in [0.29, 0.717) is 12.4 Å². The van der Waals surface area contributed by atoms with Crippen LogP contribution in [-0.2, 0) is 10.0 Å². The van der Waals surface area contributed by atoms with Crippen LogP contribution in [0.5, 0.6) is 0 Å². The van der Waals surface area contributed by atoms with Gasteiger partial charge in [-0.2, -0.15) is 4.31 Å². The number of hydrogen-bond donors (Lipinski definition) is 1. The number of pyridine rings is 1. The molecule has 0 atom stereocenters. The van der Waals surface area contributed by atoms with Gasteiger partial charge in [0, 0.05) is 19.3 Å². The fraction of sp³-hybridized carbons (Fsp3) is 0.300. The van der Waals surface area contributed by atoms with E-state index in [0.717, 1.165) is 0 Å². The lowest BCUT2D eigenvalue weighted by molar-refractivity contribution is 0.459. The maximum Gasteiger partial charge on any atom is 0.244 e. The zero-order valence-electron chi connectivity index (χ0n) is 9.13. The molecule has 5 nitrogen and oxygen atoms in total. The molecule has 1 heterocycles. The predicted molar refractivity (Wildman–Crippen MR) is 63.3 cm³/mol. The number of rotatable bonds is 5. The van der Waals surface area contributed by atoms with Crippen LogP contribution in [0.1, 0.15) is 6.92 Å². The van der Waals surface area contributed by atoms with Crippen LogP contribution in [0.4, 0.5) is 5.82 Å². The molecule has 0 saturated carbocycles. The van der Waals surface area contributed by atoms with Crippen molar-refractivity contribution in [1.29, 1.82) is 0 Å². The lowest BCUT2D eigenvalue weighted by Gasteiger charge is -2.18. The van der Waals surface area contributed by atoms with Crippen molar-refractivity contribution >= 4 is 15.8 Å². The van der Waals surface area contributed by atoms with Crippen LogP contribution in [0, 0.1) is 0 Å². The number of aromatic nitrogens is 1. The average Bonchev–Trinajstić information content (AvgIpc) is 2.26. The van der Waals surface area contributed by atoms with E-state index in [-0.39, 0.29) is 11.4 Å². The summed E-state index contributed by atoms with van der Waals surface area (Å²) in [4.78, 5) is 3.91. The summed E-state index contributed by atoms with van der Waals surface area (Å²) in [6.07, 6.45) is 2.81. The molecule has 1 rings (SSSR count). The first-order valence-corrected chi connectivity index (χ1v) is 6.29. The molecule has 0 radical (unpaired) electrons. The van der Waals surface area contributed by atoms with Gasteiger partial charge in [-0.3, -0.25) is 0 Å². The first kappa shape index (κ1) is 12.7. The molecule has 0 aliphatic heterocycles. The van der Waals surface area contributed by atoms with Crippen molar-refractivity contribution in [3.63, 3.8) is 0 Å². The van der Waals surface area contributed by atoms with Crippen molar-refractivity contribution in [2.24, 2.45) is 0 Å². The van der Waals surface area contributed by atoms with E-state index in [4.69, 9.17) is 5.73 Å². The molecule has 0 fully saturated rings. The number of likely N-dealkylation sites (N-methyl/N-ethyl adjacent to an activating group) is 1.